The Kier molecular flexibility index (Phi) is 3.54. The number of fused-ring (bicyclic) bond motifs is 1. The SMILES string of the molecule is COc1nc2ccccc2cc1-c1cccc(C(C)O)n1. The summed E-state index contributed by atoms with van der Waals surface area (Å²) in [6, 6.07) is 15.4. The minimum atomic E-state index is -0.607. The fourth-order valence-electron chi connectivity index (χ4n) is 2.27. The molecule has 0 radical (unpaired) electrons. The van der Waals surface area contributed by atoms with Crippen molar-refractivity contribution >= 4 is 10.9 Å². The predicted octanol–water partition coefficient (Wildman–Crippen LogP) is 3.36. The predicted molar refractivity (Wildman–Crippen MR) is 82.2 cm³/mol. The molecule has 0 fully saturated rings. The number of aliphatic hydroxyl groups is 1. The molecule has 0 spiro atoms. The molecule has 0 aliphatic heterocycles. The van der Waals surface area contributed by atoms with Crippen LogP contribution >= 0.6 is 0 Å². The zero-order valence-electron chi connectivity index (χ0n) is 11.9. The summed E-state index contributed by atoms with van der Waals surface area (Å²) in [5.74, 6) is 0.531. The number of ether oxygens (including phenoxy) is 1. The number of pyridine rings is 2. The summed E-state index contributed by atoms with van der Waals surface area (Å²) in [5, 5.41) is 10.7. The van der Waals surface area contributed by atoms with Gasteiger partial charge in [-0.2, -0.15) is 0 Å². The summed E-state index contributed by atoms with van der Waals surface area (Å²) in [6.45, 7) is 1.70. The van der Waals surface area contributed by atoms with Crippen LogP contribution in [0.4, 0.5) is 0 Å². The van der Waals surface area contributed by atoms with Crippen LogP contribution < -0.4 is 4.74 Å². The second-order valence-corrected chi connectivity index (χ2v) is 4.86. The molecule has 3 aromatic rings. The first-order chi connectivity index (χ1) is 10.2. The molecule has 0 bridgehead atoms. The van der Waals surface area contributed by atoms with Crippen LogP contribution in [-0.4, -0.2) is 22.2 Å². The molecule has 0 aliphatic rings. The quantitative estimate of drug-likeness (QED) is 0.799. The van der Waals surface area contributed by atoms with Crippen molar-refractivity contribution in [3.05, 3.63) is 54.2 Å². The van der Waals surface area contributed by atoms with E-state index in [-0.39, 0.29) is 0 Å². The summed E-state index contributed by atoms with van der Waals surface area (Å²) in [5.41, 5.74) is 3.06. The first-order valence-electron chi connectivity index (χ1n) is 6.78. The molecule has 1 N–H and O–H groups in total. The summed E-state index contributed by atoms with van der Waals surface area (Å²) in [4.78, 5) is 9.01. The van der Waals surface area contributed by atoms with E-state index in [1.165, 1.54) is 0 Å². The number of rotatable bonds is 3. The molecule has 0 amide bonds. The summed E-state index contributed by atoms with van der Waals surface area (Å²) in [6.07, 6.45) is -0.607. The average Bonchev–Trinajstić information content (AvgIpc) is 2.53. The van der Waals surface area contributed by atoms with Gasteiger partial charge < -0.3 is 9.84 Å². The van der Waals surface area contributed by atoms with Crippen molar-refractivity contribution in [1.29, 1.82) is 0 Å². The third-order valence-corrected chi connectivity index (χ3v) is 3.36. The number of benzene rings is 1. The lowest BCUT2D eigenvalue weighted by Gasteiger charge is -2.11. The van der Waals surface area contributed by atoms with Gasteiger partial charge in [-0.15, -0.1) is 0 Å². The first-order valence-corrected chi connectivity index (χ1v) is 6.78. The molecule has 3 rings (SSSR count). The van der Waals surface area contributed by atoms with Crippen molar-refractivity contribution in [1.82, 2.24) is 9.97 Å². The maximum atomic E-state index is 9.68. The van der Waals surface area contributed by atoms with Crippen LogP contribution in [0.25, 0.3) is 22.2 Å². The van der Waals surface area contributed by atoms with Crippen molar-refractivity contribution in [2.75, 3.05) is 7.11 Å². The standard InChI is InChI=1S/C17H16N2O2/c1-11(20)14-8-5-9-16(18-14)13-10-12-6-3-4-7-15(12)19-17(13)21-2/h3-11,20H,1-2H3. The van der Waals surface area contributed by atoms with Gasteiger partial charge in [0.25, 0.3) is 0 Å². The van der Waals surface area contributed by atoms with Crippen molar-refractivity contribution in [3.63, 3.8) is 0 Å². The number of para-hydroxylation sites is 1. The lowest BCUT2D eigenvalue weighted by molar-refractivity contribution is 0.194. The monoisotopic (exact) mass is 280 g/mol. The van der Waals surface area contributed by atoms with Gasteiger partial charge >= 0.3 is 0 Å². The Morgan fingerprint density at radius 1 is 1.05 bits per heavy atom. The van der Waals surface area contributed by atoms with Gasteiger partial charge in [0.1, 0.15) is 0 Å². The number of aromatic nitrogens is 2. The molecule has 0 saturated carbocycles. The van der Waals surface area contributed by atoms with Crippen LogP contribution in [0.15, 0.2) is 48.5 Å². The van der Waals surface area contributed by atoms with Crippen LogP contribution in [0.3, 0.4) is 0 Å². The highest BCUT2D eigenvalue weighted by molar-refractivity contribution is 5.85. The minimum Gasteiger partial charge on any atom is -0.480 e. The smallest absolute Gasteiger partial charge is 0.223 e. The van der Waals surface area contributed by atoms with E-state index >= 15 is 0 Å². The van der Waals surface area contributed by atoms with E-state index in [0.29, 0.717) is 11.6 Å². The van der Waals surface area contributed by atoms with Gasteiger partial charge in [-0.05, 0) is 31.2 Å². The molecule has 1 aromatic carbocycles. The van der Waals surface area contributed by atoms with Crippen molar-refractivity contribution < 1.29 is 9.84 Å². The highest BCUT2D eigenvalue weighted by atomic mass is 16.5. The van der Waals surface area contributed by atoms with E-state index < -0.39 is 6.10 Å². The fourth-order valence-corrected chi connectivity index (χ4v) is 2.27. The maximum Gasteiger partial charge on any atom is 0.223 e. The highest BCUT2D eigenvalue weighted by Crippen LogP contribution is 2.30. The molecule has 0 saturated heterocycles. The second kappa shape index (κ2) is 5.50. The molecular formula is C17H16N2O2. The van der Waals surface area contributed by atoms with Crippen molar-refractivity contribution in [2.24, 2.45) is 0 Å². The number of methoxy groups -OCH3 is 1. The third kappa shape index (κ3) is 2.58. The molecule has 2 aromatic heterocycles. The molecule has 4 nitrogen and oxygen atoms in total. The van der Waals surface area contributed by atoms with Gasteiger partial charge in [0, 0.05) is 5.39 Å². The van der Waals surface area contributed by atoms with E-state index in [1.807, 2.05) is 42.5 Å². The van der Waals surface area contributed by atoms with Gasteiger partial charge in [-0.1, -0.05) is 24.3 Å². The number of nitrogens with zero attached hydrogens (tertiary/aromatic N) is 2. The lowest BCUT2D eigenvalue weighted by atomic mass is 10.1. The van der Waals surface area contributed by atoms with Gasteiger partial charge in [0.2, 0.25) is 5.88 Å². The van der Waals surface area contributed by atoms with Crippen molar-refractivity contribution in [2.45, 2.75) is 13.0 Å². The van der Waals surface area contributed by atoms with E-state index in [2.05, 4.69) is 9.97 Å². The lowest BCUT2D eigenvalue weighted by Crippen LogP contribution is -1.99. The second-order valence-electron chi connectivity index (χ2n) is 4.86. The third-order valence-electron chi connectivity index (χ3n) is 3.36. The Hall–Kier alpha value is -2.46. The van der Waals surface area contributed by atoms with Gasteiger partial charge in [-0.3, -0.25) is 0 Å². The first kappa shape index (κ1) is 13.5. The highest BCUT2D eigenvalue weighted by Gasteiger charge is 2.12. The molecule has 1 atom stereocenters. The number of aliphatic hydroxyl groups excluding tert-OH is 1. The Bertz CT molecular complexity index is 785. The summed E-state index contributed by atoms with van der Waals surface area (Å²) >= 11 is 0. The zero-order chi connectivity index (χ0) is 14.8. The average molecular weight is 280 g/mol. The maximum absolute atomic E-state index is 9.68. The Morgan fingerprint density at radius 2 is 1.86 bits per heavy atom. The Balaban J connectivity index is 2.21. The van der Waals surface area contributed by atoms with Crippen molar-refractivity contribution in [3.8, 4) is 17.1 Å². The summed E-state index contributed by atoms with van der Waals surface area (Å²) < 4.78 is 5.39. The topological polar surface area (TPSA) is 55.2 Å². The van der Waals surface area contributed by atoms with E-state index in [4.69, 9.17) is 4.74 Å². The van der Waals surface area contributed by atoms with E-state index in [1.54, 1.807) is 20.1 Å². The van der Waals surface area contributed by atoms with E-state index in [0.717, 1.165) is 22.2 Å². The number of hydrogen-bond donors (Lipinski definition) is 1. The van der Waals surface area contributed by atoms with Crippen LogP contribution in [-0.2, 0) is 0 Å². The van der Waals surface area contributed by atoms with Crippen LogP contribution in [0.5, 0.6) is 5.88 Å². The molecule has 4 heteroatoms. The summed E-state index contributed by atoms with van der Waals surface area (Å²) in [7, 11) is 1.60. The Morgan fingerprint density at radius 3 is 2.62 bits per heavy atom. The van der Waals surface area contributed by atoms with E-state index in [9.17, 15) is 5.11 Å². The van der Waals surface area contributed by atoms with Gasteiger partial charge in [-0.25, -0.2) is 9.97 Å². The number of hydrogen-bond acceptors (Lipinski definition) is 4. The largest absolute Gasteiger partial charge is 0.480 e. The van der Waals surface area contributed by atoms with Crippen LogP contribution in [0.1, 0.15) is 18.7 Å². The van der Waals surface area contributed by atoms with Gasteiger partial charge in [0.05, 0.1) is 35.7 Å². The normalized spacial score (nSPS) is 12.3. The molecular weight excluding hydrogens is 264 g/mol. The van der Waals surface area contributed by atoms with Gasteiger partial charge in [0.15, 0.2) is 0 Å². The Labute approximate surface area is 123 Å². The molecule has 106 valence electrons. The fraction of sp³-hybridized carbons (Fsp3) is 0.176. The molecule has 1 unspecified atom stereocenters. The molecule has 2 heterocycles. The molecule has 0 aliphatic carbocycles. The zero-order valence-corrected chi connectivity index (χ0v) is 11.9. The minimum absolute atomic E-state index is 0.531. The van der Waals surface area contributed by atoms with Crippen LogP contribution in [0.2, 0.25) is 0 Å². The van der Waals surface area contributed by atoms with Crippen LogP contribution in [0, 0.1) is 0 Å². The molecule has 21 heavy (non-hydrogen) atoms.